The van der Waals surface area contributed by atoms with Gasteiger partial charge in [-0.25, -0.2) is 4.99 Å². The molecule has 0 unspecified atom stereocenters. The topological polar surface area (TPSA) is 64.4 Å². The highest BCUT2D eigenvalue weighted by molar-refractivity contribution is 5.93. The molecule has 0 radical (unpaired) electrons. The van der Waals surface area contributed by atoms with Gasteiger partial charge in [0.1, 0.15) is 5.84 Å². The predicted molar refractivity (Wildman–Crippen MR) is 92.1 cm³/mol. The standard InChI is InChI=1S/C11H13N3.C4H10.C2H6/c1-9(12)7-8-11(13)14-10-5-3-2-4-6-10;1-4(2)3;1-2/h2-8H,1,12H2,(H2,13,14);4H,1-3H3;1-2H3/b8-7-;;. The Bertz CT molecular complexity index is 401. The Morgan fingerprint density at radius 2 is 1.50 bits per heavy atom. The van der Waals surface area contributed by atoms with Crippen LogP contribution in [0.1, 0.15) is 34.6 Å². The highest BCUT2D eigenvalue weighted by Gasteiger charge is 1.87. The summed E-state index contributed by atoms with van der Waals surface area (Å²) in [5.74, 6) is 1.24. The lowest BCUT2D eigenvalue weighted by molar-refractivity contribution is 0.737. The molecule has 0 heterocycles. The Hall–Kier alpha value is -2.03. The van der Waals surface area contributed by atoms with E-state index in [2.05, 4.69) is 32.3 Å². The van der Waals surface area contributed by atoms with E-state index in [1.807, 2.05) is 44.2 Å². The Balaban J connectivity index is 0. The van der Waals surface area contributed by atoms with Crippen LogP contribution >= 0.6 is 0 Å². The van der Waals surface area contributed by atoms with Crippen LogP contribution in [0.4, 0.5) is 5.69 Å². The van der Waals surface area contributed by atoms with Crippen LogP contribution in [-0.4, -0.2) is 5.84 Å². The fourth-order valence-electron chi connectivity index (χ4n) is 0.881. The predicted octanol–water partition coefficient (Wildman–Crippen LogP) is 4.39. The summed E-state index contributed by atoms with van der Waals surface area (Å²) in [6.07, 6.45) is 3.23. The number of benzene rings is 1. The molecule has 1 aromatic carbocycles. The molecule has 0 aliphatic heterocycles. The number of allylic oxidation sites excluding steroid dienone is 1. The molecule has 0 atom stereocenters. The lowest BCUT2D eigenvalue weighted by Gasteiger charge is -1.94. The summed E-state index contributed by atoms with van der Waals surface area (Å²) in [6, 6.07) is 9.47. The summed E-state index contributed by atoms with van der Waals surface area (Å²) in [7, 11) is 0. The second kappa shape index (κ2) is 13.4. The molecule has 0 saturated carbocycles. The summed E-state index contributed by atoms with van der Waals surface area (Å²) >= 11 is 0. The van der Waals surface area contributed by atoms with Gasteiger partial charge in [-0.1, -0.05) is 59.4 Å². The molecule has 3 nitrogen and oxygen atoms in total. The third-order valence-corrected chi connectivity index (χ3v) is 1.48. The van der Waals surface area contributed by atoms with Crippen molar-refractivity contribution in [3.05, 3.63) is 54.8 Å². The fraction of sp³-hybridized carbons (Fsp3) is 0.353. The van der Waals surface area contributed by atoms with E-state index in [1.54, 1.807) is 12.2 Å². The number of hydrogen-bond acceptors (Lipinski definition) is 2. The van der Waals surface area contributed by atoms with Gasteiger partial charge >= 0.3 is 0 Å². The van der Waals surface area contributed by atoms with E-state index in [9.17, 15) is 0 Å². The van der Waals surface area contributed by atoms with E-state index in [-0.39, 0.29) is 0 Å². The number of aliphatic imine (C=N–C) groups is 1. The molecule has 0 amide bonds. The van der Waals surface area contributed by atoms with Crippen LogP contribution in [0.2, 0.25) is 0 Å². The molecule has 1 aromatic rings. The van der Waals surface area contributed by atoms with Gasteiger partial charge in [0.25, 0.3) is 0 Å². The molecule has 112 valence electrons. The van der Waals surface area contributed by atoms with E-state index >= 15 is 0 Å². The van der Waals surface area contributed by atoms with Crippen LogP contribution in [0.25, 0.3) is 0 Å². The van der Waals surface area contributed by atoms with Gasteiger partial charge in [0.05, 0.1) is 5.69 Å². The molecule has 4 N–H and O–H groups in total. The van der Waals surface area contributed by atoms with E-state index in [0.29, 0.717) is 11.5 Å². The van der Waals surface area contributed by atoms with Crippen molar-refractivity contribution in [1.29, 1.82) is 0 Å². The van der Waals surface area contributed by atoms with E-state index in [0.717, 1.165) is 11.6 Å². The van der Waals surface area contributed by atoms with E-state index in [1.165, 1.54) is 0 Å². The minimum Gasteiger partial charge on any atom is -0.399 e. The van der Waals surface area contributed by atoms with Crippen LogP contribution in [0.3, 0.4) is 0 Å². The minimum absolute atomic E-state index is 0.405. The van der Waals surface area contributed by atoms with Crippen molar-refractivity contribution in [2.75, 3.05) is 0 Å². The Morgan fingerprint density at radius 3 is 1.90 bits per heavy atom. The highest BCUT2D eigenvalue weighted by Crippen LogP contribution is 2.09. The van der Waals surface area contributed by atoms with Crippen molar-refractivity contribution in [3.63, 3.8) is 0 Å². The summed E-state index contributed by atoms with van der Waals surface area (Å²) in [5, 5.41) is 0. The van der Waals surface area contributed by atoms with Gasteiger partial charge in [0, 0.05) is 5.70 Å². The van der Waals surface area contributed by atoms with Gasteiger partial charge < -0.3 is 11.5 Å². The molecule has 3 heteroatoms. The molecule has 0 saturated heterocycles. The normalized spacial score (nSPS) is 10.4. The molecule has 0 aliphatic carbocycles. The monoisotopic (exact) mass is 275 g/mol. The number of nitrogens with two attached hydrogens (primary N) is 2. The van der Waals surface area contributed by atoms with Crippen LogP contribution in [0.5, 0.6) is 0 Å². The van der Waals surface area contributed by atoms with Gasteiger partial charge in [-0.15, -0.1) is 0 Å². The maximum Gasteiger partial charge on any atom is 0.124 e. The van der Waals surface area contributed by atoms with Gasteiger partial charge in [-0.2, -0.15) is 0 Å². The van der Waals surface area contributed by atoms with Crippen LogP contribution in [-0.2, 0) is 0 Å². The molecule has 0 aliphatic rings. The molecule has 20 heavy (non-hydrogen) atoms. The average molecular weight is 275 g/mol. The van der Waals surface area contributed by atoms with Crippen molar-refractivity contribution >= 4 is 11.5 Å². The first-order valence-corrected chi connectivity index (χ1v) is 6.93. The first-order chi connectivity index (χ1) is 9.41. The smallest absolute Gasteiger partial charge is 0.124 e. The zero-order chi connectivity index (χ0) is 16.0. The molecule has 0 fully saturated rings. The molecule has 1 rings (SSSR count). The lowest BCUT2D eigenvalue weighted by atomic mass is 10.3. The Morgan fingerprint density at radius 1 is 1.05 bits per heavy atom. The summed E-state index contributed by atoms with van der Waals surface area (Å²) < 4.78 is 0. The molecular formula is C17H29N3. The maximum absolute atomic E-state index is 5.62. The first kappa shape index (κ1) is 20.3. The van der Waals surface area contributed by atoms with Crippen LogP contribution in [0, 0.1) is 5.92 Å². The molecule has 0 bridgehead atoms. The largest absolute Gasteiger partial charge is 0.399 e. The van der Waals surface area contributed by atoms with Crippen LogP contribution in [0.15, 0.2) is 59.8 Å². The SMILES string of the molecule is C=C(N)/C=C\C(N)=Nc1ccccc1.CC.CC(C)C. The summed E-state index contributed by atoms with van der Waals surface area (Å²) in [6.45, 7) is 14.0. The van der Waals surface area contributed by atoms with Crippen molar-refractivity contribution in [2.24, 2.45) is 22.4 Å². The number of para-hydroxylation sites is 1. The summed E-state index contributed by atoms with van der Waals surface area (Å²) in [4.78, 5) is 4.14. The van der Waals surface area contributed by atoms with Crippen molar-refractivity contribution in [2.45, 2.75) is 34.6 Å². The second-order valence-corrected chi connectivity index (χ2v) is 4.51. The number of hydrogen-bond donors (Lipinski definition) is 2. The Kier molecular flexibility index (Phi) is 13.6. The molecule has 0 aromatic heterocycles. The number of rotatable bonds is 3. The Labute approximate surface area is 124 Å². The van der Waals surface area contributed by atoms with Gasteiger partial charge in [-0.3, -0.25) is 0 Å². The fourth-order valence-corrected chi connectivity index (χ4v) is 0.881. The van der Waals surface area contributed by atoms with Crippen molar-refractivity contribution in [1.82, 2.24) is 0 Å². The second-order valence-electron chi connectivity index (χ2n) is 4.51. The third-order valence-electron chi connectivity index (χ3n) is 1.48. The van der Waals surface area contributed by atoms with E-state index < -0.39 is 0 Å². The zero-order valence-electron chi connectivity index (χ0n) is 13.4. The first-order valence-electron chi connectivity index (χ1n) is 6.93. The average Bonchev–Trinajstić information content (AvgIpc) is 2.39. The quantitative estimate of drug-likeness (QED) is 0.488. The molecule has 0 spiro atoms. The maximum atomic E-state index is 5.62. The van der Waals surface area contributed by atoms with Gasteiger partial charge in [0.2, 0.25) is 0 Å². The van der Waals surface area contributed by atoms with Gasteiger partial charge in [0.15, 0.2) is 0 Å². The third kappa shape index (κ3) is 16.0. The zero-order valence-corrected chi connectivity index (χ0v) is 13.4. The highest BCUT2D eigenvalue weighted by atomic mass is 14.8. The lowest BCUT2D eigenvalue weighted by Crippen LogP contribution is -2.07. The van der Waals surface area contributed by atoms with E-state index in [4.69, 9.17) is 11.5 Å². The molecular weight excluding hydrogens is 246 g/mol. The number of amidine groups is 1. The van der Waals surface area contributed by atoms with Crippen molar-refractivity contribution < 1.29 is 0 Å². The van der Waals surface area contributed by atoms with Gasteiger partial charge in [-0.05, 0) is 30.2 Å². The summed E-state index contributed by atoms with van der Waals surface area (Å²) in [5.41, 5.74) is 12.2. The van der Waals surface area contributed by atoms with Crippen molar-refractivity contribution in [3.8, 4) is 0 Å². The minimum atomic E-state index is 0.405. The number of nitrogens with zero attached hydrogens (tertiary/aromatic N) is 1. The van der Waals surface area contributed by atoms with Crippen LogP contribution < -0.4 is 11.5 Å².